The van der Waals surface area contributed by atoms with Gasteiger partial charge in [0, 0.05) is 26.2 Å². The third kappa shape index (κ3) is 4.57. The van der Waals surface area contributed by atoms with Crippen LogP contribution in [0, 0.1) is 6.92 Å². The number of hydrogen-bond donors (Lipinski definition) is 0. The molecule has 1 aromatic heterocycles. The van der Waals surface area contributed by atoms with Crippen LogP contribution in [-0.4, -0.2) is 62.3 Å². The number of hydrogen-bond acceptors (Lipinski definition) is 6. The lowest BCUT2D eigenvalue weighted by Gasteiger charge is -2.29. The SMILES string of the molecule is COc1cc2ccccc2cc1C(=O)N(CCN1CCOCC1)c1nc2ccc(C)cc2s1. The van der Waals surface area contributed by atoms with Crippen molar-refractivity contribution in [2.75, 3.05) is 51.4 Å². The Balaban J connectivity index is 1.53. The summed E-state index contributed by atoms with van der Waals surface area (Å²) in [6.45, 7) is 6.59. The fraction of sp³-hybridized carbons (Fsp3) is 0.308. The number of thiazole rings is 1. The second kappa shape index (κ2) is 9.47. The number of methoxy groups -OCH3 is 1. The van der Waals surface area contributed by atoms with Crippen molar-refractivity contribution in [3.8, 4) is 5.75 Å². The van der Waals surface area contributed by atoms with Gasteiger partial charge in [0.25, 0.3) is 5.91 Å². The van der Waals surface area contributed by atoms with E-state index in [0.29, 0.717) is 23.0 Å². The molecule has 0 spiro atoms. The molecule has 0 radical (unpaired) electrons. The number of amides is 1. The number of aryl methyl sites for hydroxylation is 1. The highest BCUT2D eigenvalue weighted by Gasteiger charge is 2.25. The molecule has 0 N–H and O–H groups in total. The highest BCUT2D eigenvalue weighted by molar-refractivity contribution is 7.22. The smallest absolute Gasteiger partial charge is 0.263 e. The van der Waals surface area contributed by atoms with Crippen LogP contribution in [-0.2, 0) is 4.74 Å². The summed E-state index contributed by atoms with van der Waals surface area (Å²) in [6, 6.07) is 18.1. The monoisotopic (exact) mass is 461 g/mol. The van der Waals surface area contributed by atoms with Crippen molar-refractivity contribution >= 4 is 43.4 Å². The molecule has 170 valence electrons. The zero-order valence-corrected chi connectivity index (χ0v) is 19.7. The van der Waals surface area contributed by atoms with Gasteiger partial charge in [-0.25, -0.2) is 4.98 Å². The molecule has 1 saturated heterocycles. The second-order valence-electron chi connectivity index (χ2n) is 8.28. The van der Waals surface area contributed by atoms with Crippen LogP contribution in [0.3, 0.4) is 0 Å². The molecule has 1 aliphatic rings. The van der Waals surface area contributed by atoms with Gasteiger partial charge in [-0.05, 0) is 47.5 Å². The van der Waals surface area contributed by atoms with Crippen molar-refractivity contribution < 1.29 is 14.3 Å². The molecule has 0 aliphatic carbocycles. The van der Waals surface area contributed by atoms with Crippen LogP contribution < -0.4 is 9.64 Å². The summed E-state index contributed by atoms with van der Waals surface area (Å²) in [4.78, 5) is 22.9. The van der Waals surface area contributed by atoms with E-state index in [-0.39, 0.29) is 5.91 Å². The van der Waals surface area contributed by atoms with E-state index in [1.54, 1.807) is 18.4 Å². The third-order valence-corrected chi connectivity index (χ3v) is 7.09. The van der Waals surface area contributed by atoms with Crippen LogP contribution in [0.25, 0.3) is 21.0 Å². The van der Waals surface area contributed by atoms with Crippen LogP contribution in [0.15, 0.2) is 54.6 Å². The van der Waals surface area contributed by atoms with Gasteiger partial charge in [0.05, 0.1) is 36.1 Å². The van der Waals surface area contributed by atoms with Crippen molar-refractivity contribution in [1.82, 2.24) is 9.88 Å². The van der Waals surface area contributed by atoms with E-state index in [4.69, 9.17) is 14.5 Å². The average Bonchev–Trinajstić information content (AvgIpc) is 3.26. The molecule has 0 unspecified atom stereocenters. The number of benzene rings is 3. The van der Waals surface area contributed by atoms with Gasteiger partial charge in [-0.3, -0.25) is 14.6 Å². The van der Waals surface area contributed by atoms with E-state index in [9.17, 15) is 4.79 Å². The Labute approximate surface area is 197 Å². The lowest BCUT2D eigenvalue weighted by molar-refractivity contribution is 0.0391. The maximum atomic E-state index is 14.0. The summed E-state index contributed by atoms with van der Waals surface area (Å²) in [7, 11) is 1.61. The average molecular weight is 462 g/mol. The van der Waals surface area contributed by atoms with Crippen LogP contribution >= 0.6 is 11.3 Å². The molecule has 1 amide bonds. The molecule has 6 nitrogen and oxygen atoms in total. The summed E-state index contributed by atoms with van der Waals surface area (Å²) in [5.74, 6) is 0.480. The highest BCUT2D eigenvalue weighted by atomic mass is 32.1. The zero-order chi connectivity index (χ0) is 22.8. The van der Waals surface area contributed by atoms with Crippen molar-refractivity contribution in [3.05, 3.63) is 65.7 Å². The lowest BCUT2D eigenvalue weighted by Crippen LogP contribution is -2.43. The summed E-state index contributed by atoms with van der Waals surface area (Å²) in [5.41, 5.74) is 2.64. The predicted octanol–water partition coefficient (Wildman–Crippen LogP) is 4.75. The maximum Gasteiger partial charge on any atom is 0.263 e. The Morgan fingerprint density at radius 2 is 1.88 bits per heavy atom. The van der Waals surface area contributed by atoms with Gasteiger partial charge < -0.3 is 9.47 Å². The number of rotatable bonds is 6. The summed E-state index contributed by atoms with van der Waals surface area (Å²) in [6.07, 6.45) is 0. The molecule has 0 bridgehead atoms. The van der Waals surface area contributed by atoms with Gasteiger partial charge in [-0.2, -0.15) is 0 Å². The number of nitrogens with zero attached hydrogens (tertiary/aromatic N) is 3. The topological polar surface area (TPSA) is 54.9 Å². The van der Waals surface area contributed by atoms with Crippen molar-refractivity contribution in [2.24, 2.45) is 0 Å². The minimum absolute atomic E-state index is 0.0957. The molecule has 0 saturated carbocycles. The first-order chi connectivity index (χ1) is 16.1. The molecule has 0 atom stereocenters. The van der Waals surface area contributed by atoms with Gasteiger partial charge in [-0.1, -0.05) is 41.7 Å². The zero-order valence-electron chi connectivity index (χ0n) is 18.9. The Kier molecular flexibility index (Phi) is 6.26. The van der Waals surface area contributed by atoms with Gasteiger partial charge in [0.1, 0.15) is 5.75 Å². The second-order valence-corrected chi connectivity index (χ2v) is 9.29. The number of aromatic nitrogens is 1. The molecule has 7 heteroatoms. The minimum atomic E-state index is -0.0957. The third-order valence-electron chi connectivity index (χ3n) is 6.05. The van der Waals surface area contributed by atoms with Crippen molar-refractivity contribution in [2.45, 2.75) is 6.92 Å². The molecule has 3 aromatic carbocycles. The maximum absolute atomic E-state index is 14.0. The molecule has 4 aromatic rings. The van der Waals surface area contributed by atoms with Gasteiger partial charge in [-0.15, -0.1) is 0 Å². The first kappa shape index (κ1) is 21.8. The number of morpholine rings is 1. The Bertz CT molecular complexity index is 1300. The summed E-state index contributed by atoms with van der Waals surface area (Å²) < 4.78 is 12.2. The molecule has 1 aliphatic heterocycles. The van der Waals surface area contributed by atoms with Crippen LogP contribution in [0.1, 0.15) is 15.9 Å². The molecular formula is C26H27N3O3S. The fourth-order valence-corrected chi connectivity index (χ4v) is 5.27. The fourth-order valence-electron chi connectivity index (χ4n) is 4.19. The molecule has 2 heterocycles. The van der Waals surface area contributed by atoms with E-state index in [1.165, 1.54) is 5.56 Å². The van der Waals surface area contributed by atoms with E-state index >= 15 is 0 Å². The normalized spacial score (nSPS) is 14.6. The Hall–Kier alpha value is -3.00. The lowest BCUT2D eigenvalue weighted by atomic mass is 10.0. The predicted molar refractivity (Wildman–Crippen MR) is 134 cm³/mol. The number of carbonyl (C=O) groups excluding carboxylic acids is 1. The number of anilines is 1. The minimum Gasteiger partial charge on any atom is -0.496 e. The van der Waals surface area contributed by atoms with E-state index in [2.05, 4.69) is 24.0 Å². The van der Waals surface area contributed by atoms with E-state index < -0.39 is 0 Å². The number of fused-ring (bicyclic) bond motifs is 2. The highest BCUT2D eigenvalue weighted by Crippen LogP contribution is 2.33. The van der Waals surface area contributed by atoms with Crippen molar-refractivity contribution in [1.29, 1.82) is 0 Å². The van der Waals surface area contributed by atoms with Crippen molar-refractivity contribution in [3.63, 3.8) is 0 Å². The first-order valence-corrected chi connectivity index (χ1v) is 12.0. The van der Waals surface area contributed by atoms with Gasteiger partial charge in [0.2, 0.25) is 0 Å². The van der Waals surface area contributed by atoms with E-state index in [1.807, 2.05) is 47.4 Å². The largest absolute Gasteiger partial charge is 0.496 e. The standard InChI is InChI=1S/C26H27N3O3S/c1-18-7-8-22-24(15-18)33-26(27-22)29(10-9-28-11-13-32-14-12-28)25(30)21-16-19-5-3-4-6-20(19)17-23(21)31-2/h3-8,15-17H,9-14H2,1-2H3. The quantitative estimate of drug-likeness (QED) is 0.415. The molecule has 5 rings (SSSR count). The molecular weight excluding hydrogens is 434 g/mol. The van der Waals surface area contributed by atoms with Crippen LogP contribution in [0.4, 0.5) is 5.13 Å². The van der Waals surface area contributed by atoms with E-state index in [0.717, 1.165) is 53.8 Å². The van der Waals surface area contributed by atoms with Gasteiger partial charge in [0.15, 0.2) is 5.13 Å². The van der Waals surface area contributed by atoms with Crippen LogP contribution in [0.5, 0.6) is 5.75 Å². The summed E-state index contributed by atoms with van der Waals surface area (Å²) in [5, 5.41) is 2.76. The van der Waals surface area contributed by atoms with Gasteiger partial charge >= 0.3 is 0 Å². The Morgan fingerprint density at radius 1 is 1.12 bits per heavy atom. The first-order valence-electron chi connectivity index (χ1n) is 11.2. The Morgan fingerprint density at radius 3 is 2.64 bits per heavy atom. The number of carbonyl (C=O) groups is 1. The molecule has 33 heavy (non-hydrogen) atoms. The number of ether oxygens (including phenoxy) is 2. The van der Waals surface area contributed by atoms with Crippen LogP contribution in [0.2, 0.25) is 0 Å². The molecule has 1 fully saturated rings. The summed E-state index contributed by atoms with van der Waals surface area (Å²) >= 11 is 1.56.